The highest BCUT2D eigenvalue weighted by molar-refractivity contribution is 5.88. The van der Waals surface area contributed by atoms with Crippen LogP contribution in [0.15, 0.2) is 36.0 Å². The van der Waals surface area contributed by atoms with Gasteiger partial charge < -0.3 is 10.6 Å². The summed E-state index contributed by atoms with van der Waals surface area (Å²) in [5.41, 5.74) is 0.823. The number of rotatable bonds is 4. The molecular formula is C13H15F3N2O. The fourth-order valence-electron chi connectivity index (χ4n) is 1.37. The third-order valence-corrected chi connectivity index (χ3v) is 2.44. The fourth-order valence-corrected chi connectivity index (χ4v) is 1.37. The largest absolute Gasteiger partial charge is 0.431 e. The van der Waals surface area contributed by atoms with Crippen LogP contribution in [0.3, 0.4) is 0 Å². The molecule has 19 heavy (non-hydrogen) atoms. The molecule has 0 aliphatic carbocycles. The first kappa shape index (κ1) is 15.1. The zero-order valence-corrected chi connectivity index (χ0v) is 10.6. The van der Waals surface area contributed by atoms with E-state index in [0.717, 1.165) is 18.2 Å². The van der Waals surface area contributed by atoms with Gasteiger partial charge in [-0.15, -0.1) is 0 Å². The number of carbonyl (C=O) groups is 1. The zero-order valence-electron chi connectivity index (χ0n) is 10.6. The van der Waals surface area contributed by atoms with E-state index < -0.39 is 17.8 Å². The second kappa shape index (κ2) is 6.26. The van der Waals surface area contributed by atoms with E-state index in [1.165, 1.54) is 0 Å². The lowest BCUT2D eigenvalue weighted by molar-refractivity contribution is -0.118. The van der Waals surface area contributed by atoms with Crippen molar-refractivity contribution in [3.63, 3.8) is 0 Å². The van der Waals surface area contributed by atoms with Gasteiger partial charge in [-0.2, -0.15) is 13.2 Å². The minimum absolute atomic E-state index is 0.185. The average Bonchev–Trinajstić information content (AvgIpc) is 2.34. The summed E-state index contributed by atoms with van der Waals surface area (Å²) in [4.78, 5) is 11.4. The van der Waals surface area contributed by atoms with Crippen LogP contribution in [0, 0.1) is 6.92 Å². The molecule has 1 aromatic carbocycles. The lowest BCUT2D eigenvalue weighted by atomic mass is 10.1. The van der Waals surface area contributed by atoms with Crippen molar-refractivity contribution in [1.82, 2.24) is 10.6 Å². The molecule has 104 valence electrons. The molecule has 1 aromatic rings. The van der Waals surface area contributed by atoms with Gasteiger partial charge in [-0.3, -0.25) is 4.79 Å². The summed E-state index contributed by atoms with van der Waals surface area (Å²) in [6, 6.07) is 7.35. The molecular weight excluding hydrogens is 257 g/mol. The van der Waals surface area contributed by atoms with Crippen molar-refractivity contribution in [2.45, 2.75) is 19.6 Å². The number of hydrogen-bond acceptors (Lipinski definition) is 2. The Morgan fingerprint density at radius 2 is 1.84 bits per heavy atom. The second-order valence-corrected chi connectivity index (χ2v) is 4.01. The molecule has 0 spiro atoms. The molecule has 6 heteroatoms. The van der Waals surface area contributed by atoms with Gasteiger partial charge in [0.05, 0.1) is 0 Å². The smallest absolute Gasteiger partial charge is 0.384 e. The SMILES string of the molecule is CN/C(=C\C(=O)NCc1ccc(C)cc1)C(F)(F)F. The first-order chi connectivity index (χ1) is 8.82. The molecule has 1 rings (SSSR count). The first-order valence-electron chi connectivity index (χ1n) is 5.63. The number of hydrogen-bond donors (Lipinski definition) is 2. The zero-order chi connectivity index (χ0) is 14.5. The van der Waals surface area contributed by atoms with Crippen LogP contribution < -0.4 is 10.6 Å². The van der Waals surface area contributed by atoms with Gasteiger partial charge in [0, 0.05) is 19.7 Å². The number of benzene rings is 1. The Bertz CT molecular complexity index is 464. The van der Waals surface area contributed by atoms with Gasteiger partial charge in [0.2, 0.25) is 5.91 Å². The van der Waals surface area contributed by atoms with Crippen molar-refractivity contribution in [3.8, 4) is 0 Å². The molecule has 0 bridgehead atoms. The first-order valence-corrected chi connectivity index (χ1v) is 5.63. The third-order valence-electron chi connectivity index (χ3n) is 2.44. The molecule has 3 nitrogen and oxygen atoms in total. The molecule has 0 atom stereocenters. The summed E-state index contributed by atoms with van der Waals surface area (Å²) in [7, 11) is 1.12. The molecule has 0 fully saturated rings. The van der Waals surface area contributed by atoms with Crippen LogP contribution in [0.2, 0.25) is 0 Å². The minimum Gasteiger partial charge on any atom is -0.384 e. The Kier molecular flexibility index (Phi) is 4.97. The van der Waals surface area contributed by atoms with Gasteiger partial charge in [0.1, 0.15) is 5.70 Å². The van der Waals surface area contributed by atoms with E-state index in [-0.39, 0.29) is 6.54 Å². The molecule has 0 heterocycles. The number of carbonyl (C=O) groups excluding carboxylic acids is 1. The summed E-state index contributed by atoms with van der Waals surface area (Å²) in [5, 5.41) is 4.35. The molecule has 0 aromatic heterocycles. The molecule has 0 unspecified atom stereocenters. The van der Waals surface area contributed by atoms with Gasteiger partial charge in [0.25, 0.3) is 0 Å². The highest BCUT2D eigenvalue weighted by Gasteiger charge is 2.33. The molecule has 0 saturated heterocycles. The normalized spacial score (nSPS) is 12.2. The van der Waals surface area contributed by atoms with E-state index in [2.05, 4.69) is 5.32 Å². The molecule has 1 amide bonds. The van der Waals surface area contributed by atoms with Crippen molar-refractivity contribution in [3.05, 3.63) is 47.2 Å². The molecule has 0 aliphatic rings. The van der Waals surface area contributed by atoms with E-state index >= 15 is 0 Å². The predicted octanol–water partition coefficient (Wildman–Crippen LogP) is 2.28. The quantitative estimate of drug-likeness (QED) is 0.826. The number of halogens is 3. The van der Waals surface area contributed by atoms with Crippen molar-refractivity contribution in [2.24, 2.45) is 0 Å². The van der Waals surface area contributed by atoms with E-state index in [1.807, 2.05) is 36.5 Å². The minimum atomic E-state index is -4.56. The van der Waals surface area contributed by atoms with Crippen molar-refractivity contribution < 1.29 is 18.0 Å². The number of aryl methyl sites for hydroxylation is 1. The Morgan fingerprint density at radius 3 is 2.32 bits per heavy atom. The summed E-state index contributed by atoms with van der Waals surface area (Å²) in [6.07, 6.45) is -4.05. The van der Waals surface area contributed by atoms with Crippen molar-refractivity contribution in [1.29, 1.82) is 0 Å². The van der Waals surface area contributed by atoms with E-state index in [1.54, 1.807) is 0 Å². The number of allylic oxidation sites excluding steroid dienone is 1. The van der Waals surface area contributed by atoms with Crippen LogP contribution in [0.5, 0.6) is 0 Å². The Hall–Kier alpha value is -1.98. The Morgan fingerprint density at radius 1 is 1.26 bits per heavy atom. The topological polar surface area (TPSA) is 41.1 Å². The predicted molar refractivity (Wildman–Crippen MR) is 66.2 cm³/mol. The lowest BCUT2D eigenvalue weighted by Crippen LogP contribution is -2.28. The summed E-state index contributed by atoms with van der Waals surface area (Å²) >= 11 is 0. The average molecular weight is 272 g/mol. The highest BCUT2D eigenvalue weighted by atomic mass is 19.4. The van der Waals surface area contributed by atoms with Crippen LogP contribution in [0.1, 0.15) is 11.1 Å². The monoisotopic (exact) mass is 272 g/mol. The van der Waals surface area contributed by atoms with Gasteiger partial charge in [-0.1, -0.05) is 29.8 Å². The van der Waals surface area contributed by atoms with Crippen LogP contribution in [-0.4, -0.2) is 19.1 Å². The summed E-state index contributed by atoms with van der Waals surface area (Å²) in [5.74, 6) is -0.790. The standard InChI is InChI=1S/C13H15F3N2O/c1-9-3-5-10(6-4-9)8-18-12(19)7-11(17-2)13(14,15)16/h3-7,17H,8H2,1-2H3,(H,18,19)/b11-7-. The van der Waals surface area contributed by atoms with E-state index in [4.69, 9.17) is 0 Å². The van der Waals surface area contributed by atoms with E-state index in [0.29, 0.717) is 6.08 Å². The molecule has 2 N–H and O–H groups in total. The fraction of sp³-hybridized carbons (Fsp3) is 0.308. The number of alkyl halides is 3. The Labute approximate surface area is 109 Å². The maximum atomic E-state index is 12.4. The maximum absolute atomic E-state index is 12.4. The van der Waals surface area contributed by atoms with Crippen molar-refractivity contribution in [2.75, 3.05) is 7.05 Å². The van der Waals surface area contributed by atoms with Gasteiger partial charge in [0.15, 0.2) is 0 Å². The van der Waals surface area contributed by atoms with Crippen molar-refractivity contribution >= 4 is 5.91 Å². The van der Waals surface area contributed by atoms with Gasteiger partial charge in [-0.05, 0) is 12.5 Å². The summed E-state index contributed by atoms with van der Waals surface area (Å²) < 4.78 is 37.1. The summed E-state index contributed by atoms with van der Waals surface area (Å²) in [6.45, 7) is 2.11. The number of amides is 1. The van der Waals surface area contributed by atoms with Crippen LogP contribution in [0.4, 0.5) is 13.2 Å². The van der Waals surface area contributed by atoms with Crippen LogP contribution in [0.25, 0.3) is 0 Å². The Balaban J connectivity index is 2.60. The second-order valence-electron chi connectivity index (χ2n) is 4.01. The van der Waals surface area contributed by atoms with E-state index in [9.17, 15) is 18.0 Å². The van der Waals surface area contributed by atoms with Gasteiger partial charge >= 0.3 is 6.18 Å². The molecule has 0 saturated carbocycles. The maximum Gasteiger partial charge on any atom is 0.431 e. The molecule has 0 radical (unpaired) electrons. The number of nitrogens with one attached hydrogen (secondary N) is 2. The third kappa shape index (κ3) is 5.03. The highest BCUT2D eigenvalue weighted by Crippen LogP contribution is 2.22. The molecule has 0 aliphatic heterocycles. The lowest BCUT2D eigenvalue weighted by Gasteiger charge is -2.10. The van der Waals surface area contributed by atoms with Gasteiger partial charge in [-0.25, -0.2) is 0 Å². The van der Waals surface area contributed by atoms with Crippen LogP contribution >= 0.6 is 0 Å². The van der Waals surface area contributed by atoms with Crippen LogP contribution in [-0.2, 0) is 11.3 Å².